The minimum atomic E-state index is -4.84. The molecule has 0 saturated heterocycles. The van der Waals surface area contributed by atoms with Crippen LogP contribution in [0.25, 0.3) is 6.08 Å². The van der Waals surface area contributed by atoms with Crippen LogP contribution in [0.2, 0.25) is 5.02 Å². The molecular weight excluding hydrogens is 421 g/mol. The lowest BCUT2D eigenvalue weighted by molar-refractivity contribution is -0.114. The number of methoxy groups -OCH3 is 1. The van der Waals surface area contributed by atoms with Crippen molar-refractivity contribution < 1.29 is 27.4 Å². The fourth-order valence-corrected chi connectivity index (χ4v) is 3.02. The molecule has 1 aliphatic rings. The lowest BCUT2D eigenvalue weighted by atomic mass is 10.1. The van der Waals surface area contributed by atoms with E-state index in [0.717, 1.165) is 6.08 Å². The Kier molecular flexibility index (Phi) is 6.04. The molecule has 2 aromatic rings. The van der Waals surface area contributed by atoms with E-state index < -0.39 is 23.4 Å². The van der Waals surface area contributed by atoms with Crippen molar-refractivity contribution in [1.82, 2.24) is 0 Å². The number of terminal acetylenes is 1. The number of hydrogen-bond acceptors (Lipinski definition) is 4. The lowest BCUT2D eigenvalue weighted by Gasteiger charge is -2.12. The smallest absolute Gasteiger partial charge is 0.435 e. The van der Waals surface area contributed by atoms with Crippen molar-refractivity contribution in [2.24, 2.45) is 5.10 Å². The third kappa shape index (κ3) is 4.26. The molecule has 5 nitrogen and oxygen atoms in total. The first-order valence-corrected chi connectivity index (χ1v) is 8.85. The van der Waals surface area contributed by atoms with Crippen molar-refractivity contribution in [1.29, 1.82) is 0 Å². The van der Waals surface area contributed by atoms with E-state index in [1.165, 1.54) is 31.4 Å². The van der Waals surface area contributed by atoms with Crippen LogP contribution in [0.4, 0.5) is 18.9 Å². The van der Waals surface area contributed by atoms with Crippen LogP contribution in [0.15, 0.2) is 53.1 Å². The van der Waals surface area contributed by atoms with E-state index in [-0.39, 0.29) is 34.4 Å². The number of anilines is 1. The summed E-state index contributed by atoms with van der Waals surface area (Å²) in [5.41, 5.74) is -1.53. The molecule has 0 saturated carbocycles. The first kappa shape index (κ1) is 21.3. The molecule has 2 aromatic carbocycles. The molecule has 9 heteroatoms. The minimum Gasteiger partial charge on any atom is -0.493 e. The Labute approximate surface area is 175 Å². The normalized spacial score (nSPS) is 15.2. The van der Waals surface area contributed by atoms with E-state index in [1.54, 1.807) is 18.2 Å². The molecule has 3 rings (SSSR count). The predicted molar refractivity (Wildman–Crippen MR) is 108 cm³/mol. The van der Waals surface area contributed by atoms with E-state index in [9.17, 15) is 18.0 Å². The summed E-state index contributed by atoms with van der Waals surface area (Å²) in [6, 6.07) is 10.5. The van der Waals surface area contributed by atoms with Crippen LogP contribution in [0.3, 0.4) is 0 Å². The molecule has 30 heavy (non-hydrogen) atoms. The number of halogens is 4. The highest BCUT2D eigenvalue weighted by molar-refractivity contribution is 6.35. The van der Waals surface area contributed by atoms with Gasteiger partial charge >= 0.3 is 6.18 Å². The number of carbonyl (C=O) groups excluding carboxylic acids is 1. The average Bonchev–Trinajstić information content (AvgIpc) is 3.04. The summed E-state index contributed by atoms with van der Waals surface area (Å²) in [4.78, 5) is 12.7. The van der Waals surface area contributed by atoms with E-state index in [2.05, 4.69) is 11.0 Å². The van der Waals surface area contributed by atoms with Crippen LogP contribution in [-0.4, -0.2) is 31.5 Å². The van der Waals surface area contributed by atoms with E-state index in [4.69, 9.17) is 27.5 Å². The van der Waals surface area contributed by atoms with Crippen LogP contribution in [0.1, 0.15) is 5.56 Å². The zero-order chi connectivity index (χ0) is 21.9. The quantitative estimate of drug-likeness (QED) is 0.506. The highest BCUT2D eigenvalue weighted by Crippen LogP contribution is 2.38. The molecule has 0 atom stereocenters. The average molecular weight is 435 g/mol. The number of para-hydroxylation sites is 1. The highest BCUT2D eigenvalue weighted by atomic mass is 35.5. The van der Waals surface area contributed by atoms with Crippen LogP contribution in [0.5, 0.6) is 11.5 Å². The number of carbonyl (C=O) groups is 1. The second kappa shape index (κ2) is 8.51. The summed E-state index contributed by atoms with van der Waals surface area (Å²) in [7, 11) is 1.34. The highest BCUT2D eigenvalue weighted by Gasteiger charge is 2.46. The predicted octanol–water partition coefficient (Wildman–Crippen LogP) is 4.71. The van der Waals surface area contributed by atoms with Crippen molar-refractivity contribution in [3.63, 3.8) is 0 Å². The SMILES string of the molecule is C#CCOc1c(Cl)cc(/C=C2\C(=O)N(c3ccccc3)N=C2C(F)(F)F)cc1OC. The van der Waals surface area contributed by atoms with Gasteiger partial charge in [0.1, 0.15) is 6.61 Å². The van der Waals surface area contributed by atoms with Crippen LogP contribution in [0, 0.1) is 12.3 Å². The monoisotopic (exact) mass is 434 g/mol. The van der Waals surface area contributed by atoms with Crippen molar-refractivity contribution in [3.8, 4) is 23.8 Å². The molecule has 0 radical (unpaired) electrons. The zero-order valence-electron chi connectivity index (χ0n) is 15.5. The van der Waals surface area contributed by atoms with Crippen molar-refractivity contribution in [2.45, 2.75) is 6.18 Å². The van der Waals surface area contributed by atoms with Gasteiger partial charge in [0.25, 0.3) is 5.91 Å². The standard InChI is InChI=1S/C21H14ClF3N2O3/c1-3-9-30-18-16(22)11-13(12-17(18)29-2)10-15-19(21(23,24)25)26-27(20(15)28)14-7-5-4-6-8-14/h1,4-8,10-12H,9H2,2H3/b15-10-. The number of rotatable bonds is 5. The second-order valence-electron chi connectivity index (χ2n) is 5.98. The Bertz CT molecular complexity index is 1070. The van der Waals surface area contributed by atoms with Gasteiger partial charge in [0.2, 0.25) is 0 Å². The van der Waals surface area contributed by atoms with Gasteiger partial charge in [-0.1, -0.05) is 35.7 Å². The van der Waals surface area contributed by atoms with E-state index >= 15 is 0 Å². The number of amides is 1. The Morgan fingerprint density at radius 1 is 1.27 bits per heavy atom. The fraction of sp³-hybridized carbons (Fsp3) is 0.143. The second-order valence-corrected chi connectivity index (χ2v) is 6.39. The van der Waals surface area contributed by atoms with Crippen LogP contribution in [-0.2, 0) is 4.79 Å². The molecule has 0 fully saturated rings. The van der Waals surface area contributed by atoms with Crippen molar-refractivity contribution in [3.05, 3.63) is 58.6 Å². The molecule has 1 heterocycles. The third-order valence-corrected chi connectivity index (χ3v) is 4.29. The van der Waals surface area contributed by atoms with Gasteiger partial charge in [-0.25, -0.2) is 0 Å². The molecule has 1 amide bonds. The van der Waals surface area contributed by atoms with Crippen molar-refractivity contribution in [2.75, 3.05) is 18.7 Å². The van der Waals surface area contributed by atoms with Crippen LogP contribution < -0.4 is 14.5 Å². The van der Waals surface area contributed by atoms with Gasteiger partial charge in [-0.3, -0.25) is 4.79 Å². The molecule has 0 aromatic heterocycles. The van der Waals surface area contributed by atoms with Gasteiger partial charge in [-0.15, -0.1) is 6.42 Å². The summed E-state index contributed by atoms with van der Waals surface area (Å²) < 4.78 is 51.2. The molecule has 0 N–H and O–H groups in total. The molecule has 0 unspecified atom stereocenters. The summed E-state index contributed by atoms with van der Waals surface area (Å²) in [6.07, 6.45) is 1.37. The Balaban J connectivity index is 2.07. The molecule has 0 aliphatic carbocycles. The summed E-state index contributed by atoms with van der Waals surface area (Å²) in [5.74, 6) is 1.66. The van der Waals surface area contributed by atoms with Gasteiger partial charge in [-0.05, 0) is 35.9 Å². The topological polar surface area (TPSA) is 51.1 Å². The Hall–Kier alpha value is -3.44. The molecule has 154 valence electrons. The number of hydrazone groups is 1. The number of alkyl halides is 3. The molecule has 1 aliphatic heterocycles. The number of benzene rings is 2. The first-order chi connectivity index (χ1) is 14.3. The van der Waals surface area contributed by atoms with Crippen LogP contribution >= 0.6 is 11.6 Å². The number of hydrogen-bond donors (Lipinski definition) is 0. The number of ether oxygens (including phenoxy) is 2. The molecule has 0 bridgehead atoms. The van der Waals surface area contributed by atoms with Gasteiger partial charge in [-0.2, -0.15) is 23.3 Å². The first-order valence-electron chi connectivity index (χ1n) is 8.47. The fourth-order valence-electron chi connectivity index (χ4n) is 2.74. The number of nitrogens with zero attached hydrogens (tertiary/aromatic N) is 2. The maximum atomic E-state index is 13.6. The van der Waals surface area contributed by atoms with Gasteiger partial charge in [0.15, 0.2) is 17.2 Å². The summed E-state index contributed by atoms with van der Waals surface area (Å²) >= 11 is 6.17. The van der Waals surface area contributed by atoms with Crippen molar-refractivity contribution >= 4 is 35.0 Å². The van der Waals surface area contributed by atoms with E-state index in [1.807, 2.05) is 0 Å². The summed E-state index contributed by atoms with van der Waals surface area (Å²) in [6.45, 7) is -0.0775. The van der Waals surface area contributed by atoms with Gasteiger partial charge in [0.05, 0.1) is 23.4 Å². The third-order valence-electron chi connectivity index (χ3n) is 4.01. The lowest BCUT2D eigenvalue weighted by Crippen LogP contribution is -2.25. The largest absolute Gasteiger partial charge is 0.493 e. The molecular formula is C21H14ClF3N2O3. The Morgan fingerprint density at radius 2 is 1.97 bits per heavy atom. The summed E-state index contributed by atoms with van der Waals surface area (Å²) in [5, 5.41) is 4.28. The minimum absolute atomic E-state index is 0.0623. The van der Waals surface area contributed by atoms with E-state index in [0.29, 0.717) is 5.01 Å². The Morgan fingerprint density at radius 3 is 2.57 bits per heavy atom. The van der Waals surface area contributed by atoms with Gasteiger partial charge in [0, 0.05) is 0 Å². The molecule has 0 spiro atoms. The maximum Gasteiger partial charge on any atom is 0.435 e. The van der Waals surface area contributed by atoms with Gasteiger partial charge < -0.3 is 9.47 Å². The zero-order valence-corrected chi connectivity index (χ0v) is 16.3. The maximum absolute atomic E-state index is 13.6.